The highest BCUT2D eigenvalue weighted by Crippen LogP contribution is 2.26. The van der Waals surface area contributed by atoms with Crippen LogP contribution in [0.1, 0.15) is 10.4 Å². The minimum absolute atomic E-state index is 0.148. The lowest BCUT2D eigenvalue weighted by Crippen LogP contribution is -2.13. The van der Waals surface area contributed by atoms with Crippen molar-refractivity contribution < 1.29 is 18.7 Å². The van der Waals surface area contributed by atoms with E-state index in [0.29, 0.717) is 21.5 Å². The molecule has 0 amide bonds. The fourth-order valence-corrected chi connectivity index (χ4v) is 2.15. The van der Waals surface area contributed by atoms with Crippen LogP contribution in [0.4, 0.5) is 4.39 Å². The summed E-state index contributed by atoms with van der Waals surface area (Å²) in [4.78, 5) is 12.1. The summed E-state index contributed by atoms with van der Waals surface area (Å²) < 4.78 is 23.9. The van der Waals surface area contributed by atoms with Crippen LogP contribution in [0.2, 0.25) is 0 Å². The second-order valence-corrected chi connectivity index (χ2v) is 4.84. The van der Waals surface area contributed by atoms with Gasteiger partial charge >= 0.3 is 0 Å². The summed E-state index contributed by atoms with van der Waals surface area (Å²) in [5.74, 6) is 0.327. The second kappa shape index (κ2) is 6.52. The normalized spacial score (nSPS) is 10.2. The molecule has 0 atom stereocenters. The van der Waals surface area contributed by atoms with Crippen molar-refractivity contribution in [1.82, 2.24) is 0 Å². The van der Waals surface area contributed by atoms with E-state index in [-0.39, 0.29) is 18.2 Å². The lowest BCUT2D eigenvalue weighted by atomic mass is 10.1. The molecule has 0 bridgehead atoms. The molecule has 0 aliphatic rings. The summed E-state index contributed by atoms with van der Waals surface area (Å²) in [5.41, 5.74) is 0.452. The quantitative estimate of drug-likeness (QED) is 0.776. The third-order valence-corrected chi connectivity index (χ3v) is 3.28. The highest BCUT2D eigenvalue weighted by Gasteiger charge is 2.13. The molecule has 0 radical (unpaired) electrons. The van der Waals surface area contributed by atoms with Gasteiger partial charge in [0.2, 0.25) is 5.78 Å². The molecule has 104 valence electrons. The zero-order chi connectivity index (χ0) is 14.5. The predicted octanol–water partition coefficient (Wildman–Crippen LogP) is 3.86. The van der Waals surface area contributed by atoms with Gasteiger partial charge in [-0.05, 0) is 46.3 Å². The van der Waals surface area contributed by atoms with Crippen LogP contribution >= 0.6 is 15.9 Å². The van der Waals surface area contributed by atoms with Crippen molar-refractivity contribution in [3.63, 3.8) is 0 Å². The maximum Gasteiger partial charge on any atom is 0.203 e. The van der Waals surface area contributed by atoms with E-state index in [1.54, 1.807) is 24.3 Å². The Hall–Kier alpha value is -1.88. The Labute approximate surface area is 124 Å². The number of methoxy groups -OCH3 is 1. The average Bonchev–Trinajstić information content (AvgIpc) is 2.46. The summed E-state index contributed by atoms with van der Waals surface area (Å²) >= 11 is 3.18. The summed E-state index contributed by atoms with van der Waals surface area (Å²) in [6.45, 7) is -0.148. The van der Waals surface area contributed by atoms with Crippen molar-refractivity contribution in [3.8, 4) is 11.5 Å². The number of hydrogen-bond donors (Lipinski definition) is 0. The van der Waals surface area contributed by atoms with Crippen LogP contribution in [-0.4, -0.2) is 19.5 Å². The number of Topliss-reactive ketones (excluding diaryl/α,β-unsaturated/α-hetero) is 1. The monoisotopic (exact) mass is 338 g/mol. The highest BCUT2D eigenvalue weighted by atomic mass is 79.9. The van der Waals surface area contributed by atoms with E-state index < -0.39 is 0 Å². The molecule has 20 heavy (non-hydrogen) atoms. The van der Waals surface area contributed by atoms with Crippen LogP contribution in [0.5, 0.6) is 11.5 Å². The van der Waals surface area contributed by atoms with Crippen molar-refractivity contribution in [2.75, 3.05) is 13.7 Å². The summed E-state index contributed by atoms with van der Waals surface area (Å²) in [5, 5.41) is 0. The summed E-state index contributed by atoms with van der Waals surface area (Å²) in [6, 6.07) is 10.9. The lowest BCUT2D eigenvalue weighted by Gasteiger charge is -2.09. The minimum atomic E-state index is -0.375. The fraction of sp³-hybridized carbons (Fsp3) is 0.133. The van der Waals surface area contributed by atoms with Gasteiger partial charge in [0.15, 0.2) is 6.61 Å². The van der Waals surface area contributed by atoms with Crippen LogP contribution in [0.25, 0.3) is 0 Å². The van der Waals surface area contributed by atoms with Crippen LogP contribution < -0.4 is 9.47 Å². The number of para-hydroxylation sites is 1. The Morgan fingerprint density at radius 3 is 2.65 bits per heavy atom. The van der Waals surface area contributed by atoms with Gasteiger partial charge in [0.25, 0.3) is 0 Å². The molecular weight excluding hydrogens is 327 g/mol. The van der Waals surface area contributed by atoms with E-state index in [4.69, 9.17) is 9.47 Å². The molecule has 0 saturated carbocycles. The van der Waals surface area contributed by atoms with Crippen LogP contribution in [0, 0.1) is 5.82 Å². The number of benzene rings is 2. The molecule has 0 aliphatic heterocycles. The Bertz CT molecular complexity index is 628. The first kappa shape index (κ1) is 14.5. The third-order valence-electron chi connectivity index (χ3n) is 2.66. The second-order valence-electron chi connectivity index (χ2n) is 3.99. The van der Waals surface area contributed by atoms with Gasteiger partial charge in [-0.25, -0.2) is 4.39 Å². The van der Waals surface area contributed by atoms with Crippen LogP contribution in [-0.2, 0) is 0 Å². The first-order valence-electron chi connectivity index (χ1n) is 5.86. The summed E-state index contributed by atoms with van der Waals surface area (Å²) in [7, 11) is 1.50. The Kier molecular flexibility index (Phi) is 4.74. The molecule has 0 aromatic heterocycles. The molecule has 0 spiro atoms. The topological polar surface area (TPSA) is 35.5 Å². The lowest BCUT2D eigenvalue weighted by molar-refractivity contribution is 0.0918. The molecular formula is C15H12BrFO3. The van der Waals surface area contributed by atoms with E-state index in [2.05, 4.69) is 15.9 Å². The molecule has 2 rings (SSSR count). The molecule has 0 fully saturated rings. The zero-order valence-corrected chi connectivity index (χ0v) is 12.3. The molecule has 2 aromatic carbocycles. The number of carbonyl (C=O) groups excluding carboxylic acids is 1. The molecule has 0 saturated heterocycles. The first-order valence-corrected chi connectivity index (χ1v) is 6.65. The summed E-state index contributed by atoms with van der Waals surface area (Å²) in [6.07, 6.45) is 0. The van der Waals surface area contributed by atoms with E-state index in [0.717, 1.165) is 0 Å². The van der Waals surface area contributed by atoms with Crippen molar-refractivity contribution in [1.29, 1.82) is 0 Å². The number of hydrogen-bond acceptors (Lipinski definition) is 3. The molecule has 0 heterocycles. The van der Waals surface area contributed by atoms with E-state index >= 15 is 0 Å². The van der Waals surface area contributed by atoms with E-state index in [1.165, 1.54) is 25.3 Å². The average molecular weight is 339 g/mol. The number of ketones is 1. The molecule has 0 N–H and O–H groups in total. The standard InChI is InChI=1S/C15H12BrFO3/c1-19-14-5-3-2-4-11(14)13(18)9-20-15-7-6-10(17)8-12(15)16/h2-8H,9H2,1H3. The maximum atomic E-state index is 12.9. The van der Waals surface area contributed by atoms with Crippen molar-refractivity contribution >= 4 is 21.7 Å². The number of rotatable bonds is 5. The molecule has 2 aromatic rings. The largest absolute Gasteiger partial charge is 0.496 e. The van der Waals surface area contributed by atoms with Gasteiger partial charge in [0.1, 0.15) is 17.3 Å². The van der Waals surface area contributed by atoms with Gasteiger partial charge < -0.3 is 9.47 Å². The number of carbonyl (C=O) groups is 1. The SMILES string of the molecule is COc1ccccc1C(=O)COc1ccc(F)cc1Br. The van der Waals surface area contributed by atoms with E-state index in [1.807, 2.05) is 0 Å². The van der Waals surface area contributed by atoms with E-state index in [9.17, 15) is 9.18 Å². The van der Waals surface area contributed by atoms with Crippen molar-refractivity contribution in [2.45, 2.75) is 0 Å². The van der Waals surface area contributed by atoms with Gasteiger partial charge in [-0.2, -0.15) is 0 Å². The Balaban J connectivity index is 2.09. The zero-order valence-electron chi connectivity index (χ0n) is 10.7. The highest BCUT2D eigenvalue weighted by molar-refractivity contribution is 9.10. The first-order chi connectivity index (χ1) is 9.61. The Morgan fingerprint density at radius 2 is 1.95 bits per heavy atom. The minimum Gasteiger partial charge on any atom is -0.496 e. The fourth-order valence-electron chi connectivity index (χ4n) is 1.69. The van der Waals surface area contributed by atoms with Crippen LogP contribution in [0.15, 0.2) is 46.9 Å². The smallest absolute Gasteiger partial charge is 0.203 e. The molecule has 0 unspecified atom stereocenters. The molecule has 3 nitrogen and oxygen atoms in total. The van der Waals surface area contributed by atoms with Gasteiger partial charge in [0, 0.05) is 0 Å². The maximum absolute atomic E-state index is 12.9. The van der Waals surface area contributed by atoms with Gasteiger partial charge in [-0.3, -0.25) is 4.79 Å². The molecule has 5 heteroatoms. The number of halogens is 2. The van der Waals surface area contributed by atoms with Crippen molar-refractivity contribution in [3.05, 3.63) is 58.3 Å². The third kappa shape index (κ3) is 3.36. The number of ether oxygens (including phenoxy) is 2. The van der Waals surface area contributed by atoms with Gasteiger partial charge in [-0.15, -0.1) is 0 Å². The molecule has 0 aliphatic carbocycles. The van der Waals surface area contributed by atoms with Gasteiger partial charge in [0.05, 0.1) is 17.1 Å². The van der Waals surface area contributed by atoms with Gasteiger partial charge in [-0.1, -0.05) is 12.1 Å². The predicted molar refractivity (Wildman–Crippen MR) is 76.9 cm³/mol. The Morgan fingerprint density at radius 1 is 1.20 bits per heavy atom. The van der Waals surface area contributed by atoms with Crippen LogP contribution in [0.3, 0.4) is 0 Å². The van der Waals surface area contributed by atoms with Crippen molar-refractivity contribution in [2.24, 2.45) is 0 Å².